The molecule has 11 heavy (non-hydrogen) atoms. The van der Waals surface area contributed by atoms with Gasteiger partial charge in [-0.2, -0.15) is 0 Å². The number of ether oxygens (including phenoxy) is 1. The smallest absolute Gasteiger partial charge is 0.132 e. The number of ketones is 1. The molecule has 0 radical (unpaired) electrons. The molecule has 0 aromatic rings. The molecule has 0 heterocycles. The molecule has 0 amide bonds. The van der Waals surface area contributed by atoms with Gasteiger partial charge in [-0.25, -0.2) is 0 Å². The molecule has 0 bridgehead atoms. The zero-order chi connectivity index (χ0) is 9.07. The van der Waals surface area contributed by atoms with Crippen LogP contribution in [0.5, 0.6) is 0 Å². The lowest BCUT2D eigenvalue weighted by Crippen LogP contribution is -2.30. The summed E-state index contributed by atoms with van der Waals surface area (Å²) in [5.74, 6) is 0.187. The van der Waals surface area contributed by atoms with E-state index in [1.807, 2.05) is 0 Å². The molecule has 0 aliphatic carbocycles. The Morgan fingerprint density at radius 2 is 1.91 bits per heavy atom. The van der Waals surface area contributed by atoms with Crippen molar-refractivity contribution in [2.24, 2.45) is 5.41 Å². The Kier molecular flexibility index (Phi) is 3.73. The Hall–Kier alpha value is -0.370. The highest BCUT2D eigenvalue weighted by Crippen LogP contribution is 2.24. The Labute approximate surface area is 68.9 Å². The van der Waals surface area contributed by atoms with Crippen LogP contribution in [0.25, 0.3) is 0 Å². The second kappa shape index (κ2) is 3.86. The number of carbonyl (C=O) groups excluding carboxylic acids is 1. The van der Waals surface area contributed by atoms with Crippen molar-refractivity contribution in [1.29, 1.82) is 0 Å². The van der Waals surface area contributed by atoms with Gasteiger partial charge in [-0.05, 0) is 12.3 Å². The van der Waals surface area contributed by atoms with Gasteiger partial charge in [0.25, 0.3) is 0 Å². The monoisotopic (exact) mass is 158 g/mol. The van der Waals surface area contributed by atoms with E-state index in [1.54, 1.807) is 14.0 Å². The van der Waals surface area contributed by atoms with Crippen molar-refractivity contribution in [3.05, 3.63) is 0 Å². The van der Waals surface area contributed by atoms with Gasteiger partial charge in [-0.15, -0.1) is 0 Å². The molecule has 0 saturated carbocycles. The van der Waals surface area contributed by atoms with Crippen molar-refractivity contribution in [1.82, 2.24) is 0 Å². The maximum Gasteiger partial charge on any atom is 0.132 e. The maximum atomic E-state index is 10.8. The van der Waals surface area contributed by atoms with E-state index >= 15 is 0 Å². The van der Waals surface area contributed by atoms with Gasteiger partial charge in [0.15, 0.2) is 0 Å². The molecule has 0 aliphatic rings. The average molecular weight is 158 g/mol. The fourth-order valence-electron chi connectivity index (χ4n) is 1.00. The van der Waals surface area contributed by atoms with Crippen molar-refractivity contribution < 1.29 is 9.53 Å². The van der Waals surface area contributed by atoms with Crippen molar-refractivity contribution in [3.8, 4) is 0 Å². The summed E-state index contributed by atoms with van der Waals surface area (Å²) >= 11 is 0. The first-order valence-electron chi connectivity index (χ1n) is 3.90. The minimum Gasteiger partial charge on any atom is -0.380 e. The first kappa shape index (κ1) is 10.6. The van der Waals surface area contributed by atoms with E-state index in [2.05, 4.69) is 20.8 Å². The van der Waals surface area contributed by atoms with Gasteiger partial charge in [0, 0.05) is 13.5 Å². The van der Waals surface area contributed by atoms with Crippen LogP contribution >= 0.6 is 0 Å². The van der Waals surface area contributed by atoms with Gasteiger partial charge in [0.1, 0.15) is 5.78 Å². The minimum atomic E-state index is 0.0417. The molecule has 1 unspecified atom stereocenters. The van der Waals surface area contributed by atoms with E-state index in [1.165, 1.54) is 0 Å². The lowest BCUT2D eigenvalue weighted by Gasteiger charge is -2.28. The molecular formula is C9H18O2. The molecule has 2 nitrogen and oxygen atoms in total. The lowest BCUT2D eigenvalue weighted by molar-refractivity contribution is -0.121. The zero-order valence-corrected chi connectivity index (χ0v) is 8.10. The Morgan fingerprint density at radius 1 is 1.45 bits per heavy atom. The van der Waals surface area contributed by atoms with Gasteiger partial charge in [-0.3, -0.25) is 4.79 Å². The van der Waals surface area contributed by atoms with Crippen LogP contribution in [0.4, 0.5) is 0 Å². The summed E-state index contributed by atoms with van der Waals surface area (Å²) < 4.78 is 5.20. The van der Waals surface area contributed by atoms with Crippen LogP contribution in [-0.4, -0.2) is 19.0 Å². The normalized spacial score (nSPS) is 14.6. The predicted molar refractivity (Wildman–Crippen MR) is 45.6 cm³/mol. The molecule has 0 fully saturated rings. The summed E-state index contributed by atoms with van der Waals surface area (Å²) in [7, 11) is 1.65. The van der Waals surface area contributed by atoms with Crippen LogP contribution < -0.4 is 0 Å². The molecule has 0 spiro atoms. The van der Waals surface area contributed by atoms with Crippen molar-refractivity contribution in [3.63, 3.8) is 0 Å². The van der Waals surface area contributed by atoms with Crippen LogP contribution in [0.15, 0.2) is 0 Å². The van der Waals surface area contributed by atoms with Crippen LogP contribution in [-0.2, 0) is 9.53 Å². The molecule has 0 aromatic carbocycles. The zero-order valence-electron chi connectivity index (χ0n) is 8.10. The molecule has 0 N–H and O–H groups in total. The van der Waals surface area contributed by atoms with E-state index in [0.717, 1.165) is 0 Å². The second-order valence-electron chi connectivity index (χ2n) is 4.00. The highest BCUT2D eigenvalue weighted by atomic mass is 16.5. The topological polar surface area (TPSA) is 26.3 Å². The largest absolute Gasteiger partial charge is 0.380 e. The van der Waals surface area contributed by atoms with Crippen LogP contribution in [0.1, 0.15) is 34.1 Å². The highest BCUT2D eigenvalue weighted by Gasteiger charge is 2.25. The number of rotatable bonds is 3. The van der Waals surface area contributed by atoms with Crippen molar-refractivity contribution >= 4 is 5.78 Å². The summed E-state index contributed by atoms with van der Waals surface area (Å²) in [5, 5.41) is 0. The number of Topliss-reactive ketones (excluding diaryl/α,β-unsaturated/α-hetero) is 1. The van der Waals surface area contributed by atoms with Gasteiger partial charge < -0.3 is 4.74 Å². The second-order valence-corrected chi connectivity index (χ2v) is 4.00. The third-order valence-electron chi connectivity index (χ3n) is 1.72. The number of hydrogen-bond acceptors (Lipinski definition) is 2. The first-order valence-corrected chi connectivity index (χ1v) is 3.90. The standard InChI is InChI=1S/C9H18O2/c1-7(10)6-8(11-5)9(2,3)4/h8H,6H2,1-5H3. The summed E-state index contributed by atoms with van der Waals surface area (Å²) in [4.78, 5) is 10.8. The van der Waals surface area contributed by atoms with Crippen molar-refractivity contribution in [2.75, 3.05) is 7.11 Å². The third-order valence-corrected chi connectivity index (χ3v) is 1.72. The molecule has 1 atom stereocenters. The Bertz CT molecular complexity index is 133. The third kappa shape index (κ3) is 4.14. The van der Waals surface area contributed by atoms with E-state index in [0.29, 0.717) is 6.42 Å². The number of methoxy groups -OCH3 is 1. The summed E-state index contributed by atoms with van der Waals surface area (Å²) in [5.41, 5.74) is 0.0560. The van der Waals surface area contributed by atoms with Crippen LogP contribution in [0.3, 0.4) is 0 Å². The van der Waals surface area contributed by atoms with E-state index in [4.69, 9.17) is 4.74 Å². The first-order chi connectivity index (χ1) is 4.88. The molecule has 0 aromatic heterocycles. The number of carbonyl (C=O) groups is 1. The lowest BCUT2D eigenvalue weighted by atomic mass is 9.86. The maximum absolute atomic E-state index is 10.8. The molecule has 0 rings (SSSR count). The Balaban J connectivity index is 4.07. The quantitative estimate of drug-likeness (QED) is 0.628. The molecule has 66 valence electrons. The summed E-state index contributed by atoms with van der Waals surface area (Å²) in [6.07, 6.45) is 0.556. The molecule has 0 aliphatic heterocycles. The molecule has 2 heteroatoms. The van der Waals surface area contributed by atoms with Gasteiger partial charge >= 0.3 is 0 Å². The fourth-order valence-corrected chi connectivity index (χ4v) is 1.00. The van der Waals surface area contributed by atoms with E-state index < -0.39 is 0 Å². The van der Waals surface area contributed by atoms with Gasteiger partial charge in [0.2, 0.25) is 0 Å². The van der Waals surface area contributed by atoms with Crippen molar-refractivity contribution in [2.45, 2.75) is 40.2 Å². The fraction of sp³-hybridized carbons (Fsp3) is 0.889. The van der Waals surface area contributed by atoms with E-state index in [9.17, 15) is 4.79 Å². The Morgan fingerprint density at radius 3 is 2.00 bits per heavy atom. The van der Waals surface area contributed by atoms with Crippen LogP contribution in [0.2, 0.25) is 0 Å². The summed E-state index contributed by atoms with van der Waals surface area (Å²) in [6.45, 7) is 7.82. The van der Waals surface area contributed by atoms with Gasteiger partial charge in [-0.1, -0.05) is 20.8 Å². The summed E-state index contributed by atoms with van der Waals surface area (Å²) in [6, 6.07) is 0. The molecule has 0 saturated heterocycles. The SMILES string of the molecule is COC(CC(C)=O)C(C)(C)C. The predicted octanol–water partition coefficient (Wildman–Crippen LogP) is 2.03. The molecular weight excluding hydrogens is 140 g/mol. The van der Waals surface area contributed by atoms with Crippen LogP contribution in [0, 0.1) is 5.41 Å². The van der Waals surface area contributed by atoms with Gasteiger partial charge in [0.05, 0.1) is 6.10 Å². The number of hydrogen-bond donors (Lipinski definition) is 0. The average Bonchev–Trinajstić information content (AvgIpc) is 1.79. The minimum absolute atomic E-state index is 0.0417. The highest BCUT2D eigenvalue weighted by molar-refractivity contribution is 5.76. The van der Waals surface area contributed by atoms with E-state index in [-0.39, 0.29) is 17.3 Å².